The van der Waals surface area contributed by atoms with Crippen LogP contribution in [0.3, 0.4) is 0 Å². The monoisotopic (exact) mass is 303 g/mol. The topological polar surface area (TPSA) is 108 Å². The maximum Gasteiger partial charge on any atom is 0.336 e. The van der Waals surface area contributed by atoms with Gasteiger partial charge in [0.15, 0.2) is 0 Å². The van der Waals surface area contributed by atoms with Crippen LogP contribution in [0.2, 0.25) is 0 Å². The lowest BCUT2D eigenvalue weighted by atomic mass is 10.1. The molecule has 7 heteroatoms. The molecule has 0 spiro atoms. The van der Waals surface area contributed by atoms with Crippen LogP contribution in [-0.2, 0) is 9.59 Å². The van der Waals surface area contributed by atoms with Crippen molar-refractivity contribution in [1.29, 1.82) is 0 Å². The number of nitrogens with zero attached hydrogens (tertiary/aromatic N) is 1. The Morgan fingerprint density at radius 2 is 1.82 bits per heavy atom. The average Bonchev–Trinajstić information content (AvgIpc) is 3.00. The number of amides is 2. The van der Waals surface area contributed by atoms with E-state index in [1.165, 1.54) is 12.3 Å². The molecule has 1 aromatic carbocycles. The van der Waals surface area contributed by atoms with E-state index in [2.05, 4.69) is 15.8 Å². The largest absolute Gasteiger partial charge is 0.478 e. The third-order valence-electron chi connectivity index (χ3n) is 3.46. The van der Waals surface area contributed by atoms with Crippen LogP contribution in [0.15, 0.2) is 29.4 Å². The summed E-state index contributed by atoms with van der Waals surface area (Å²) in [5.74, 6) is -2.68. The number of rotatable bonds is 4. The average molecular weight is 303 g/mol. The van der Waals surface area contributed by atoms with Gasteiger partial charge in [0, 0.05) is 11.6 Å². The van der Waals surface area contributed by atoms with Crippen LogP contribution in [0.5, 0.6) is 0 Å². The molecule has 1 aliphatic carbocycles. The minimum atomic E-state index is -1.09. The Balaban J connectivity index is 1.90. The van der Waals surface area contributed by atoms with Crippen molar-refractivity contribution in [2.75, 3.05) is 0 Å². The molecule has 0 heterocycles. The van der Waals surface area contributed by atoms with Crippen molar-refractivity contribution in [1.82, 2.24) is 10.7 Å². The van der Waals surface area contributed by atoms with Gasteiger partial charge in [0.2, 0.25) is 0 Å². The highest BCUT2D eigenvalue weighted by Gasteiger charge is 2.21. The van der Waals surface area contributed by atoms with Gasteiger partial charge in [-0.3, -0.25) is 9.59 Å². The Morgan fingerprint density at radius 3 is 2.50 bits per heavy atom. The van der Waals surface area contributed by atoms with Gasteiger partial charge in [-0.2, -0.15) is 5.10 Å². The molecule has 0 atom stereocenters. The highest BCUT2D eigenvalue weighted by atomic mass is 16.4. The van der Waals surface area contributed by atoms with Crippen molar-refractivity contribution in [3.63, 3.8) is 0 Å². The fourth-order valence-electron chi connectivity index (χ4n) is 2.34. The normalized spacial score (nSPS) is 14.9. The van der Waals surface area contributed by atoms with E-state index in [0.717, 1.165) is 25.7 Å². The molecule has 0 aromatic heterocycles. The Morgan fingerprint density at radius 1 is 1.14 bits per heavy atom. The van der Waals surface area contributed by atoms with Gasteiger partial charge < -0.3 is 10.4 Å². The van der Waals surface area contributed by atoms with Gasteiger partial charge in [-0.15, -0.1) is 0 Å². The smallest absolute Gasteiger partial charge is 0.336 e. The minimum Gasteiger partial charge on any atom is -0.478 e. The molecule has 0 aliphatic heterocycles. The van der Waals surface area contributed by atoms with Crippen LogP contribution in [0.25, 0.3) is 0 Å². The van der Waals surface area contributed by atoms with Crippen LogP contribution >= 0.6 is 0 Å². The second-order valence-corrected chi connectivity index (χ2v) is 5.05. The zero-order valence-corrected chi connectivity index (χ0v) is 11.9. The summed E-state index contributed by atoms with van der Waals surface area (Å²) < 4.78 is 0. The first kappa shape index (κ1) is 15.7. The molecule has 3 N–H and O–H groups in total. The zero-order valence-electron chi connectivity index (χ0n) is 11.9. The molecule has 1 fully saturated rings. The van der Waals surface area contributed by atoms with Gasteiger partial charge in [-0.05, 0) is 18.9 Å². The summed E-state index contributed by atoms with van der Waals surface area (Å²) in [4.78, 5) is 34.2. The number of nitrogens with one attached hydrogen (secondary N) is 2. The van der Waals surface area contributed by atoms with E-state index in [-0.39, 0.29) is 11.6 Å². The molecule has 1 aliphatic rings. The van der Waals surface area contributed by atoms with Gasteiger partial charge >= 0.3 is 17.8 Å². The molecule has 116 valence electrons. The van der Waals surface area contributed by atoms with Gasteiger partial charge in [0.25, 0.3) is 0 Å². The van der Waals surface area contributed by atoms with Gasteiger partial charge in [0.1, 0.15) is 0 Å². The second kappa shape index (κ2) is 7.35. The molecule has 22 heavy (non-hydrogen) atoms. The van der Waals surface area contributed by atoms with Crippen molar-refractivity contribution in [3.05, 3.63) is 35.4 Å². The van der Waals surface area contributed by atoms with Crippen LogP contribution in [0.1, 0.15) is 41.6 Å². The lowest BCUT2D eigenvalue weighted by molar-refractivity contribution is -0.139. The van der Waals surface area contributed by atoms with Gasteiger partial charge in [-0.25, -0.2) is 10.2 Å². The lowest BCUT2D eigenvalue weighted by Gasteiger charge is -2.10. The third kappa shape index (κ3) is 4.15. The van der Waals surface area contributed by atoms with E-state index in [9.17, 15) is 14.4 Å². The Kier molecular flexibility index (Phi) is 5.24. The highest BCUT2D eigenvalue weighted by molar-refractivity contribution is 6.35. The van der Waals surface area contributed by atoms with E-state index in [4.69, 9.17) is 5.11 Å². The lowest BCUT2D eigenvalue weighted by Crippen LogP contribution is -2.42. The second-order valence-electron chi connectivity index (χ2n) is 5.05. The summed E-state index contributed by atoms with van der Waals surface area (Å²) in [6.45, 7) is 0. The quantitative estimate of drug-likeness (QED) is 0.436. The number of carboxylic acid groups (broad SMARTS) is 1. The van der Waals surface area contributed by atoms with Crippen molar-refractivity contribution in [2.24, 2.45) is 5.10 Å². The minimum absolute atomic E-state index is 0.0509. The first-order valence-corrected chi connectivity index (χ1v) is 7.04. The molecule has 1 aromatic rings. The predicted molar refractivity (Wildman–Crippen MR) is 79.5 cm³/mol. The molecule has 0 bridgehead atoms. The van der Waals surface area contributed by atoms with E-state index in [1.54, 1.807) is 18.2 Å². The SMILES string of the molecule is O=C(N/N=C\c1ccccc1C(=O)O)C(=O)NC1CCCC1. The molecule has 1 saturated carbocycles. The zero-order chi connectivity index (χ0) is 15.9. The van der Waals surface area contributed by atoms with Crippen LogP contribution in [-0.4, -0.2) is 35.1 Å². The number of carbonyl (C=O) groups is 3. The summed E-state index contributed by atoms with van der Waals surface area (Å²) in [7, 11) is 0. The Hall–Kier alpha value is -2.70. The maximum absolute atomic E-state index is 11.6. The molecule has 2 rings (SSSR count). The fraction of sp³-hybridized carbons (Fsp3) is 0.333. The van der Waals surface area contributed by atoms with Crippen molar-refractivity contribution in [2.45, 2.75) is 31.7 Å². The number of aromatic carboxylic acids is 1. The van der Waals surface area contributed by atoms with E-state index < -0.39 is 17.8 Å². The molecular weight excluding hydrogens is 286 g/mol. The molecule has 0 radical (unpaired) electrons. The maximum atomic E-state index is 11.6. The third-order valence-corrected chi connectivity index (χ3v) is 3.46. The summed E-state index contributed by atoms with van der Waals surface area (Å²) in [6.07, 6.45) is 5.07. The standard InChI is InChI=1S/C15H17N3O4/c19-13(17-11-6-2-3-7-11)14(20)18-16-9-10-5-1-4-8-12(10)15(21)22/h1,4-5,8-9,11H,2-3,6-7H2,(H,17,19)(H,18,20)(H,21,22)/b16-9-. The Bertz CT molecular complexity index is 607. The number of hydrazone groups is 1. The van der Waals surface area contributed by atoms with Crippen LogP contribution in [0.4, 0.5) is 0 Å². The number of hydrogen-bond acceptors (Lipinski definition) is 4. The first-order chi connectivity index (χ1) is 10.6. The number of carboxylic acids is 1. The van der Waals surface area contributed by atoms with E-state index >= 15 is 0 Å². The van der Waals surface area contributed by atoms with Gasteiger partial charge in [-0.1, -0.05) is 31.0 Å². The van der Waals surface area contributed by atoms with E-state index in [0.29, 0.717) is 5.56 Å². The Labute approximate surface area is 127 Å². The number of benzene rings is 1. The molecular formula is C15H17N3O4. The highest BCUT2D eigenvalue weighted by Crippen LogP contribution is 2.17. The van der Waals surface area contributed by atoms with Crippen molar-refractivity contribution >= 4 is 24.0 Å². The predicted octanol–water partition coefficient (Wildman–Crippen LogP) is 0.894. The van der Waals surface area contributed by atoms with Crippen molar-refractivity contribution < 1.29 is 19.5 Å². The molecule has 0 unspecified atom stereocenters. The summed E-state index contributed by atoms with van der Waals surface area (Å²) >= 11 is 0. The number of hydrogen-bond donors (Lipinski definition) is 3. The number of carbonyl (C=O) groups excluding carboxylic acids is 2. The van der Waals surface area contributed by atoms with E-state index in [1.807, 2.05) is 0 Å². The summed E-state index contributed by atoms with van der Waals surface area (Å²) in [5, 5.41) is 15.3. The molecule has 7 nitrogen and oxygen atoms in total. The van der Waals surface area contributed by atoms with Crippen molar-refractivity contribution in [3.8, 4) is 0 Å². The summed E-state index contributed by atoms with van der Waals surface area (Å²) in [6, 6.07) is 6.28. The summed E-state index contributed by atoms with van der Waals surface area (Å²) in [5.41, 5.74) is 2.50. The fourth-order valence-corrected chi connectivity index (χ4v) is 2.34. The van der Waals surface area contributed by atoms with Crippen LogP contribution < -0.4 is 10.7 Å². The van der Waals surface area contributed by atoms with Crippen LogP contribution in [0, 0.1) is 0 Å². The van der Waals surface area contributed by atoms with Gasteiger partial charge in [0.05, 0.1) is 11.8 Å². The molecule has 0 saturated heterocycles. The molecule has 2 amide bonds. The first-order valence-electron chi connectivity index (χ1n) is 7.04.